The van der Waals surface area contributed by atoms with Gasteiger partial charge in [-0.3, -0.25) is 4.79 Å². The van der Waals surface area contributed by atoms with E-state index >= 15 is 0 Å². The Kier molecular flexibility index (Phi) is 5.96. The van der Waals surface area contributed by atoms with Crippen LogP contribution in [0.1, 0.15) is 59.5 Å². The monoisotopic (exact) mass is 494 g/mol. The van der Waals surface area contributed by atoms with Crippen molar-refractivity contribution in [1.82, 2.24) is 19.9 Å². The molecule has 8 heteroatoms. The van der Waals surface area contributed by atoms with Gasteiger partial charge in [-0.1, -0.05) is 61.3 Å². The van der Waals surface area contributed by atoms with Gasteiger partial charge in [-0.2, -0.15) is 5.10 Å². The zero-order valence-electron chi connectivity index (χ0n) is 19.1. The summed E-state index contributed by atoms with van der Waals surface area (Å²) in [5.74, 6) is 0.632. The fraction of sp³-hybridized carbons (Fsp3) is 0.269. The van der Waals surface area contributed by atoms with E-state index < -0.39 is 0 Å². The first-order valence-electron chi connectivity index (χ1n) is 11.2. The lowest BCUT2D eigenvalue weighted by Crippen LogP contribution is -2.33. The van der Waals surface area contributed by atoms with E-state index in [-0.39, 0.29) is 17.9 Å². The van der Waals surface area contributed by atoms with Crippen LogP contribution in [0, 0.1) is 6.92 Å². The Morgan fingerprint density at radius 3 is 2.59 bits per heavy atom. The van der Waals surface area contributed by atoms with E-state index in [1.54, 1.807) is 28.9 Å². The highest BCUT2D eigenvalue weighted by Gasteiger charge is 2.27. The molecular weight excluding hydrogens is 471 g/mol. The number of hydrogen-bond acceptors (Lipinski definition) is 4. The largest absolute Gasteiger partial charge is 0.493 e. The molecule has 0 unspecified atom stereocenters. The zero-order valence-corrected chi connectivity index (χ0v) is 20.6. The molecule has 0 fully saturated rings. The summed E-state index contributed by atoms with van der Waals surface area (Å²) in [6.45, 7) is 6.52. The average Bonchev–Trinajstić information content (AvgIpc) is 3.14. The Morgan fingerprint density at radius 1 is 1.12 bits per heavy atom. The van der Waals surface area contributed by atoms with Crippen LogP contribution in [-0.2, 0) is 0 Å². The molecule has 2 aromatic heterocycles. The third-order valence-electron chi connectivity index (χ3n) is 6.12. The Bertz CT molecular complexity index is 1390. The Morgan fingerprint density at radius 2 is 1.85 bits per heavy atom. The minimum Gasteiger partial charge on any atom is -0.493 e. The minimum absolute atomic E-state index is 0.0158. The molecule has 0 saturated carbocycles. The number of nitrogens with zero attached hydrogens (tertiary/aromatic N) is 3. The Hall–Kier alpha value is -3.09. The minimum atomic E-state index is -0.190. The molecule has 0 aliphatic carbocycles. The zero-order chi connectivity index (χ0) is 24.0. The average molecular weight is 495 g/mol. The van der Waals surface area contributed by atoms with Crippen molar-refractivity contribution in [2.24, 2.45) is 0 Å². The highest BCUT2D eigenvalue weighted by molar-refractivity contribution is 6.39. The first-order valence-corrected chi connectivity index (χ1v) is 12.0. The number of aryl methyl sites for hydroxylation is 1. The van der Waals surface area contributed by atoms with Crippen LogP contribution in [0.25, 0.3) is 16.8 Å². The van der Waals surface area contributed by atoms with Gasteiger partial charge in [-0.05, 0) is 31.0 Å². The van der Waals surface area contributed by atoms with E-state index in [0.717, 1.165) is 28.3 Å². The number of ether oxygens (including phenoxy) is 1. The third-order valence-corrected chi connectivity index (χ3v) is 6.75. The topological polar surface area (TPSA) is 68.5 Å². The van der Waals surface area contributed by atoms with Crippen LogP contribution >= 0.6 is 23.2 Å². The van der Waals surface area contributed by atoms with Gasteiger partial charge in [0.15, 0.2) is 5.65 Å². The van der Waals surface area contributed by atoms with Crippen molar-refractivity contribution in [3.63, 3.8) is 0 Å². The quantitative estimate of drug-likeness (QED) is 0.356. The lowest BCUT2D eigenvalue weighted by molar-refractivity contribution is 0.0922. The Labute approximate surface area is 207 Å². The van der Waals surface area contributed by atoms with Gasteiger partial charge in [0.2, 0.25) is 0 Å². The lowest BCUT2D eigenvalue weighted by atomic mass is 9.99. The smallest absolute Gasteiger partial charge is 0.255 e. The predicted molar refractivity (Wildman–Crippen MR) is 134 cm³/mol. The van der Waals surface area contributed by atoms with Gasteiger partial charge < -0.3 is 10.1 Å². The van der Waals surface area contributed by atoms with Crippen molar-refractivity contribution < 1.29 is 9.53 Å². The van der Waals surface area contributed by atoms with Crippen LogP contribution in [0.15, 0.2) is 48.7 Å². The van der Waals surface area contributed by atoms with Crippen molar-refractivity contribution in [1.29, 1.82) is 0 Å². The predicted octanol–water partition coefficient (Wildman–Crippen LogP) is 6.39. The van der Waals surface area contributed by atoms with Crippen molar-refractivity contribution in [3.05, 3.63) is 81.2 Å². The number of halogens is 2. The molecule has 4 aromatic rings. The van der Waals surface area contributed by atoms with Gasteiger partial charge in [0.05, 0.1) is 45.2 Å². The van der Waals surface area contributed by atoms with Crippen molar-refractivity contribution >= 4 is 34.8 Å². The molecule has 1 N–H and O–H groups in total. The van der Waals surface area contributed by atoms with Gasteiger partial charge in [-0.25, -0.2) is 9.50 Å². The molecule has 5 rings (SSSR count). The van der Waals surface area contributed by atoms with Crippen LogP contribution in [0.2, 0.25) is 10.0 Å². The molecule has 174 valence electrons. The SMILES string of the molecule is Cc1nn2c(C(C)C)c(C(=O)N[C@H]3CCOc4ccccc43)cnc2c1-c1c(Cl)cccc1Cl. The van der Waals surface area contributed by atoms with Gasteiger partial charge in [-0.15, -0.1) is 0 Å². The van der Waals surface area contributed by atoms with Crippen LogP contribution in [0.3, 0.4) is 0 Å². The van der Waals surface area contributed by atoms with Gasteiger partial charge in [0.1, 0.15) is 5.75 Å². The number of fused-ring (bicyclic) bond motifs is 2. The summed E-state index contributed by atoms with van der Waals surface area (Å²) < 4.78 is 7.49. The van der Waals surface area contributed by atoms with E-state index in [1.165, 1.54) is 0 Å². The number of amides is 1. The number of hydrogen-bond donors (Lipinski definition) is 1. The normalized spacial score (nSPS) is 15.3. The maximum absolute atomic E-state index is 13.5. The second kappa shape index (κ2) is 8.93. The highest BCUT2D eigenvalue weighted by atomic mass is 35.5. The summed E-state index contributed by atoms with van der Waals surface area (Å²) in [5, 5.41) is 8.99. The van der Waals surface area contributed by atoms with Crippen LogP contribution < -0.4 is 10.1 Å². The molecule has 2 aromatic carbocycles. The van der Waals surface area contributed by atoms with E-state index in [0.29, 0.717) is 39.8 Å². The van der Waals surface area contributed by atoms with Crippen molar-refractivity contribution in [2.45, 2.75) is 39.2 Å². The second-order valence-corrected chi connectivity index (χ2v) is 9.52. The first kappa shape index (κ1) is 22.7. The number of carbonyl (C=O) groups is 1. The molecular formula is C26H24Cl2N4O2. The van der Waals surface area contributed by atoms with E-state index in [4.69, 9.17) is 33.0 Å². The summed E-state index contributed by atoms with van der Waals surface area (Å²) in [5.41, 5.74) is 5.06. The summed E-state index contributed by atoms with van der Waals surface area (Å²) in [4.78, 5) is 18.1. The number of aromatic nitrogens is 3. The highest BCUT2D eigenvalue weighted by Crippen LogP contribution is 2.39. The molecule has 0 saturated heterocycles. The maximum atomic E-state index is 13.5. The number of benzene rings is 2. The molecule has 0 spiro atoms. The van der Waals surface area contributed by atoms with Crippen LogP contribution in [0.4, 0.5) is 0 Å². The summed E-state index contributed by atoms with van der Waals surface area (Å²) >= 11 is 13.0. The van der Waals surface area contributed by atoms with E-state index in [2.05, 4.69) is 10.3 Å². The van der Waals surface area contributed by atoms with Gasteiger partial charge >= 0.3 is 0 Å². The summed E-state index contributed by atoms with van der Waals surface area (Å²) in [7, 11) is 0. The number of nitrogens with one attached hydrogen (secondary N) is 1. The van der Waals surface area contributed by atoms with Crippen molar-refractivity contribution in [2.75, 3.05) is 6.61 Å². The number of rotatable bonds is 4. The third kappa shape index (κ3) is 3.81. The van der Waals surface area contributed by atoms with Gasteiger partial charge in [0.25, 0.3) is 5.91 Å². The standard InChI is InChI=1S/C26H24Cl2N4O2/c1-14(2)24-17(26(33)30-20-11-12-34-21-10-5-4-7-16(20)21)13-29-25-22(15(3)31-32(24)25)23-18(27)8-6-9-19(23)28/h4-10,13-14,20H,11-12H2,1-3H3,(H,30,33)/t20-/m0/s1. The molecule has 1 aliphatic rings. The molecule has 0 radical (unpaired) electrons. The van der Waals surface area contributed by atoms with Crippen LogP contribution in [-0.4, -0.2) is 27.1 Å². The van der Waals surface area contributed by atoms with Gasteiger partial charge in [0, 0.05) is 23.7 Å². The lowest BCUT2D eigenvalue weighted by Gasteiger charge is -2.27. The summed E-state index contributed by atoms with van der Waals surface area (Å²) in [6.07, 6.45) is 2.33. The molecule has 34 heavy (non-hydrogen) atoms. The van der Waals surface area contributed by atoms with Crippen molar-refractivity contribution in [3.8, 4) is 16.9 Å². The van der Waals surface area contributed by atoms with E-state index in [9.17, 15) is 4.79 Å². The van der Waals surface area contributed by atoms with E-state index in [1.807, 2.05) is 45.0 Å². The van der Waals surface area contributed by atoms with Crippen LogP contribution in [0.5, 0.6) is 5.75 Å². The second-order valence-electron chi connectivity index (χ2n) is 8.71. The molecule has 1 aliphatic heterocycles. The first-order chi connectivity index (χ1) is 16.4. The number of para-hydroxylation sites is 1. The molecule has 1 amide bonds. The molecule has 0 bridgehead atoms. The molecule has 6 nitrogen and oxygen atoms in total. The maximum Gasteiger partial charge on any atom is 0.255 e. The molecule has 3 heterocycles. The fourth-order valence-corrected chi connectivity index (χ4v) is 5.18. The summed E-state index contributed by atoms with van der Waals surface area (Å²) in [6, 6.07) is 13.1. The fourth-order valence-electron chi connectivity index (χ4n) is 4.60. The Balaban J connectivity index is 1.60. The number of carbonyl (C=O) groups excluding carboxylic acids is 1. The molecule has 1 atom stereocenters.